The number of carbonyl (C=O) groups excluding carboxylic acids is 1. The van der Waals surface area contributed by atoms with E-state index in [9.17, 15) is 22.4 Å². The summed E-state index contributed by atoms with van der Waals surface area (Å²) >= 11 is 5.09. The summed E-state index contributed by atoms with van der Waals surface area (Å²) in [5, 5.41) is 2.22. The summed E-state index contributed by atoms with van der Waals surface area (Å²) in [5.41, 5.74) is 0. The fourth-order valence-corrected chi connectivity index (χ4v) is 1.97. The number of likely N-dealkylation sites (tertiary alicyclic amines) is 1. The zero-order chi connectivity index (χ0) is 14.5. The van der Waals surface area contributed by atoms with E-state index >= 15 is 0 Å². The van der Waals surface area contributed by atoms with Crippen LogP contribution < -0.4 is 5.32 Å². The number of carbonyl (C=O) groups is 1. The third kappa shape index (κ3) is 6.42. The number of alkyl halides is 4. The fraction of sp³-hybridized carbons (Fsp3) is 0.909. The van der Waals surface area contributed by atoms with Crippen LogP contribution in [0.25, 0.3) is 0 Å². The molecule has 0 atom stereocenters. The Labute approximate surface area is 114 Å². The lowest BCUT2D eigenvalue weighted by molar-refractivity contribution is -0.0454. The molecule has 0 unspecified atom stereocenters. The topological polar surface area (TPSA) is 32.3 Å². The molecule has 1 amide bonds. The molecule has 0 saturated carbocycles. The third-order valence-electron chi connectivity index (χ3n) is 3.08. The van der Waals surface area contributed by atoms with Crippen LogP contribution in [-0.2, 0) is 0 Å². The number of hydrogen-bond donors (Lipinski definition) is 1. The van der Waals surface area contributed by atoms with Gasteiger partial charge in [-0.15, -0.1) is 0 Å². The number of halogens is 5. The average Bonchev–Trinajstić information content (AvgIpc) is 2.28. The van der Waals surface area contributed by atoms with E-state index in [1.54, 1.807) is 0 Å². The molecule has 112 valence electrons. The molecule has 0 radical (unpaired) electrons. The summed E-state index contributed by atoms with van der Waals surface area (Å²) in [5.74, 6) is -4.99. The molecule has 8 heteroatoms. The van der Waals surface area contributed by atoms with Crippen molar-refractivity contribution in [3.63, 3.8) is 0 Å². The summed E-state index contributed by atoms with van der Waals surface area (Å²) in [6.07, 6.45) is -0.531. The minimum absolute atomic E-state index is 0.00694. The van der Waals surface area contributed by atoms with Crippen LogP contribution >= 0.6 is 11.6 Å². The molecule has 0 aromatic carbocycles. The van der Waals surface area contributed by atoms with E-state index in [-0.39, 0.29) is 38.8 Å². The normalized spacial score (nSPS) is 25.2. The Hall–Kier alpha value is -0.560. The molecule has 0 aromatic rings. The van der Waals surface area contributed by atoms with Gasteiger partial charge in [-0.1, -0.05) is 0 Å². The van der Waals surface area contributed by atoms with Gasteiger partial charge in [-0.3, -0.25) is 4.79 Å². The molecule has 3 nitrogen and oxygen atoms in total. The molecule has 0 bridgehead atoms. The summed E-state index contributed by atoms with van der Waals surface area (Å²) in [4.78, 5) is 11.7. The first-order chi connectivity index (χ1) is 8.72. The van der Waals surface area contributed by atoms with E-state index in [1.807, 2.05) is 0 Å². The van der Waals surface area contributed by atoms with Gasteiger partial charge in [0.05, 0.1) is 0 Å². The number of nitrogens with one attached hydrogen (secondary N) is 1. The number of nitrogens with zero attached hydrogens (tertiary/aromatic N) is 1. The lowest BCUT2D eigenvalue weighted by Crippen LogP contribution is -2.40. The Morgan fingerprint density at radius 1 is 0.947 bits per heavy atom. The standard InChI is InChI=1S/C6H8ClF2NO.C5H9F2N/c7-5(11)10-3-1-6(8,9)2-4-10;6-5(7)1-3-8-4-2-5/h1-4H2;8H,1-4H2. The van der Waals surface area contributed by atoms with Crippen LogP contribution in [0.2, 0.25) is 0 Å². The van der Waals surface area contributed by atoms with Crippen LogP contribution in [-0.4, -0.2) is 48.3 Å². The highest BCUT2D eigenvalue weighted by atomic mass is 35.5. The van der Waals surface area contributed by atoms with Crippen molar-refractivity contribution in [2.24, 2.45) is 0 Å². The van der Waals surface area contributed by atoms with Gasteiger partial charge in [-0.05, 0) is 11.6 Å². The maximum absolute atomic E-state index is 12.5. The fourth-order valence-electron chi connectivity index (χ4n) is 1.80. The van der Waals surface area contributed by atoms with Crippen molar-refractivity contribution in [2.75, 3.05) is 26.2 Å². The second-order valence-corrected chi connectivity index (χ2v) is 5.03. The largest absolute Gasteiger partial charge is 0.329 e. The van der Waals surface area contributed by atoms with Gasteiger partial charge in [-0.25, -0.2) is 17.6 Å². The van der Waals surface area contributed by atoms with Gasteiger partial charge in [0.2, 0.25) is 0 Å². The molecule has 2 saturated heterocycles. The van der Waals surface area contributed by atoms with Crippen LogP contribution in [0.5, 0.6) is 0 Å². The van der Waals surface area contributed by atoms with Crippen LogP contribution in [0, 0.1) is 0 Å². The molecule has 1 N–H and O–H groups in total. The Bertz CT molecular complexity index is 297. The molecule has 0 spiro atoms. The highest BCUT2D eigenvalue weighted by Gasteiger charge is 2.35. The summed E-state index contributed by atoms with van der Waals surface area (Å²) in [6.45, 7) is 1.06. The van der Waals surface area contributed by atoms with Crippen molar-refractivity contribution in [1.29, 1.82) is 0 Å². The minimum Gasteiger partial charge on any atom is -0.329 e. The number of hydrogen-bond acceptors (Lipinski definition) is 2. The Morgan fingerprint density at radius 3 is 1.68 bits per heavy atom. The highest BCUT2D eigenvalue weighted by Crippen LogP contribution is 2.28. The van der Waals surface area contributed by atoms with Crippen molar-refractivity contribution < 1.29 is 22.4 Å². The van der Waals surface area contributed by atoms with Crippen LogP contribution in [0.3, 0.4) is 0 Å². The van der Waals surface area contributed by atoms with E-state index in [0.717, 1.165) is 0 Å². The van der Waals surface area contributed by atoms with Gasteiger partial charge in [-0.2, -0.15) is 0 Å². The van der Waals surface area contributed by atoms with E-state index in [4.69, 9.17) is 11.6 Å². The number of rotatable bonds is 0. The Balaban J connectivity index is 0.000000200. The average molecular weight is 305 g/mol. The molecule has 2 heterocycles. The van der Waals surface area contributed by atoms with Crippen molar-refractivity contribution in [3.05, 3.63) is 0 Å². The maximum atomic E-state index is 12.5. The predicted molar refractivity (Wildman–Crippen MR) is 64.1 cm³/mol. The van der Waals surface area contributed by atoms with Crippen molar-refractivity contribution in [1.82, 2.24) is 10.2 Å². The zero-order valence-electron chi connectivity index (χ0n) is 10.4. The molecule has 2 rings (SSSR count). The van der Waals surface area contributed by atoms with E-state index in [0.29, 0.717) is 13.1 Å². The van der Waals surface area contributed by atoms with Crippen molar-refractivity contribution >= 4 is 17.0 Å². The van der Waals surface area contributed by atoms with E-state index in [2.05, 4.69) is 5.32 Å². The molecule has 2 aliphatic heterocycles. The Kier molecular flexibility index (Phi) is 5.85. The first-order valence-electron chi connectivity index (χ1n) is 6.13. The predicted octanol–water partition coefficient (Wildman–Crippen LogP) is 3.08. The second-order valence-electron chi connectivity index (χ2n) is 4.70. The van der Waals surface area contributed by atoms with Gasteiger partial charge in [0.25, 0.3) is 11.8 Å². The number of piperidine rings is 2. The maximum Gasteiger partial charge on any atom is 0.316 e. The molecular weight excluding hydrogens is 288 g/mol. The summed E-state index contributed by atoms with van der Waals surface area (Å²) < 4.78 is 49.2. The first kappa shape index (κ1) is 16.5. The van der Waals surface area contributed by atoms with Crippen molar-refractivity contribution in [3.8, 4) is 0 Å². The quantitative estimate of drug-likeness (QED) is 0.424. The molecule has 0 aromatic heterocycles. The van der Waals surface area contributed by atoms with Gasteiger partial charge in [0.15, 0.2) is 0 Å². The SMILES string of the molecule is FC1(F)CCNCC1.O=C(Cl)N1CCC(F)(F)CC1. The summed E-state index contributed by atoms with van der Waals surface area (Å²) in [7, 11) is 0. The smallest absolute Gasteiger partial charge is 0.316 e. The summed E-state index contributed by atoms with van der Waals surface area (Å²) in [6, 6.07) is 0. The van der Waals surface area contributed by atoms with Gasteiger partial charge < -0.3 is 10.2 Å². The molecule has 2 aliphatic rings. The van der Waals surface area contributed by atoms with Gasteiger partial charge in [0.1, 0.15) is 0 Å². The van der Waals surface area contributed by atoms with E-state index in [1.165, 1.54) is 4.90 Å². The first-order valence-corrected chi connectivity index (χ1v) is 6.50. The zero-order valence-corrected chi connectivity index (χ0v) is 11.2. The highest BCUT2D eigenvalue weighted by molar-refractivity contribution is 6.62. The van der Waals surface area contributed by atoms with Gasteiger partial charge >= 0.3 is 5.37 Å². The van der Waals surface area contributed by atoms with Crippen LogP contribution in [0.4, 0.5) is 22.4 Å². The van der Waals surface area contributed by atoms with Crippen LogP contribution in [0.1, 0.15) is 25.7 Å². The molecule has 19 heavy (non-hydrogen) atoms. The third-order valence-corrected chi connectivity index (χ3v) is 3.32. The molecule has 2 fully saturated rings. The Morgan fingerprint density at radius 2 is 1.37 bits per heavy atom. The lowest BCUT2D eigenvalue weighted by Gasteiger charge is -2.29. The lowest BCUT2D eigenvalue weighted by atomic mass is 10.1. The molecular formula is C11H17ClF4N2O. The van der Waals surface area contributed by atoms with Crippen LogP contribution in [0.15, 0.2) is 0 Å². The number of amides is 1. The van der Waals surface area contributed by atoms with Crippen molar-refractivity contribution in [2.45, 2.75) is 37.5 Å². The van der Waals surface area contributed by atoms with Gasteiger partial charge in [0, 0.05) is 51.9 Å². The van der Waals surface area contributed by atoms with E-state index < -0.39 is 17.2 Å². The second kappa shape index (κ2) is 6.74. The molecule has 0 aliphatic carbocycles. The monoisotopic (exact) mass is 304 g/mol. The minimum atomic E-state index is -2.61.